The molecule has 2 heterocycles. The number of phenolic OH excluding ortho intramolecular Hbond substituents is 1. The molecule has 12 nitrogen and oxygen atoms in total. The number of carbonyl (C=O) groups excluding carboxylic acids is 2. The summed E-state index contributed by atoms with van der Waals surface area (Å²) in [6, 6.07) is 12.7. The molecule has 2 aromatic heterocycles. The number of benzene rings is 2. The minimum absolute atomic E-state index is 0.105. The molecule has 2 aromatic carbocycles. The second-order valence-electron chi connectivity index (χ2n) is 11.5. The Morgan fingerprint density at radius 3 is 2.33 bits per heavy atom. The van der Waals surface area contributed by atoms with Gasteiger partial charge in [-0.2, -0.15) is 5.10 Å². The largest absolute Gasteiger partial charge is 0.508 e. The quantitative estimate of drug-likeness (QED) is 0.0853. The molecule has 0 fully saturated rings. The maximum absolute atomic E-state index is 13.7. The summed E-state index contributed by atoms with van der Waals surface area (Å²) in [5.74, 6) is -0.537. The first kappa shape index (κ1) is 37.3. The van der Waals surface area contributed by atoms with Gasteiger partial charge in [0.15, 0.2) is 0 Å². The molecule has 0 aliphatic heterocycles. The Labute approximate surface area is 295 Å². The number of hydrogen-bond donors (Lipinski definition) is 5. The Kier molecular flexibility index (Phi) is 14.0. The molecule has 3 amide bonds. The number of unbranched alkanes of at least 4 members (excludes halogenated alkanes) is 4. The minimum atomic E-state index is -0.781. The maximum atomic E-state index is 13.7. The fourth-order valence-electron chi connectivity index (χ4n) is 5.31. The topological polar surface area (TPSA) is 162 Å². The predicted molar refractivity (Wildman–Crippen MR) is 194 cm³/mol. The summed E-state index contributed by atoms with van der Waals surface area (Å²) in [6.07, 6.45) is 7.45. The summed E-state index contributed by atoms with van der Waals surface area (Å²) < 4.78 is 1.18. The number of nitrogens with zero attached hydrogens (tertiary/aromatic N) is 4. The second-order valence-corrected chi connectivity index (χ2v) is 12.3. The molecule has 4 aromatic rings. The SMILES string of the molecule is CCn1nc(-c2c(C(=O)NCCCCCCCN(C)CCO)cc(O)cc2-c2ccccc2)cc(NC(=O)Nc2c(Cl)cncc2Cl)c1=O. The van der Waals surface area contributed by atoms with E-state index >= 15 is 0 Å². The summed E-state index contributed by atoms with van der Waals surface area (Å²) in [6.45, 7) is 4.06. The molecule has 4 rings (SSSR count). The van der Waals surface area contributed by atoms with Crippen LogP contribution < -0.4 is 21.5 Å². The number of hydrogen-bond acceptors (Lipinski definition) is 8. The number of phenols is 1. The van der Waals surface area contributed by atoms with Crippen molar-refractivity contribution in [1.82, 2.24) is 25.0 Å². The Morgan fingerprint density at radius 2 is 1.63 bits per heavy atom. The Hall–Kier alpha value is -4.49. The van der Waals surface area contributed by atoms with Gasteiger partial charge in [0.2, 0.25) is 0 Å². The average molecular weight is 711 g/mol. The van der Waals surface area contributed by atoms with Crippen molar-refractivity contribution in [3.63, 3.8) is 0 Å². The van der Waals surface area contributed by atoms with Gasteiger partial charge in [0.05, 0.1) is 33.6 Å². The summed E-state index contributed by atoms with van der Waals surface area (Å²) in [5, 5.41) is 32.7. The monoisotopic (exact) mass is 709 g/mol. The molecule has 0 aliphatic carbocycles. The van der Waals surface area contributed by atoms with E-state index in [-0.39, 0.29) is 51.6 Å². The normalized spacial score (nSPS) is 11.1. The number of halogens is 2. The first-order valence-corrected chi connectivity index (χ1v) is 16.9. The zero-order chi connectivity index (χ0) is 35.3. The van der Waals surface area contributed by atoms with Crippen LogP contribution in [0.3, 0.4) is 0 Å². The van der Waals surface area contributed by atoms with Crippen LogP contribution in [-0.2, 0) is 6.54 Å². The molecule has 0 unspecified atom stereocenters. The number of nitrogens with one attached hydrogen (secondary N) is 3. The van der Waals surface area contributed by atoms with Gasteiger partial charge in [-0.1, -0.05) is 72.8 Å². The van der Waals surface area contributed by atoms with Crippen LogP contribution >= 0.6 is 23.2 Å². The number of rotatable bonds is 16. The van der Waals surface area contributed by atoms with Crippen LogP contribution in [0.25, 0.3) is 22.4 Å². The Bertz CT molecular complexity index is 1780. The van der Waals surface area contributed by atoms with Crippen molar-refractivity contribution in [1.29, 1.82) is 0 Å². The van der Waals surface area contributed by atoms with Gasteiger partial charge in [-0.05, 0) is 62.7 Å². The first-order valence-electron chi connectivity index (χ1n) is 16.1. The molecular weight excluding hydrogens is 669 g/mol. The van der Waals surface area contributed by atoms with E-state index in [0.29, 0.717) is 29.8 Å². The Balaban J connectivity index is 1.62. The highest BCUT2D eigenvalue weighted by atomic mass is 35.5. The van der Waals surface area contributed by atoms with Gasteiger partial charge in [-0.3, -0.25) is 14.6 Å². The van der Waals surface area contributed by atoms with E-state index in [1.807, 2.05) is 37.4 Å². The number of aromatic nitrogens is 3. The van der Waals surface area contributed by atoms with E-state index < -0.39 is 17.5 Å². The highest BCUT2D eigenvalue weighted by Gasteiger charge is 2.23. The predicted octanol–water partition coefficient (Wildman–Crippen LogP) is 6.25. The van der Waals surface area contributed by atoms with Crippen LogP contribution in [0, 0.1) is 0 Å². The Morgan fingerprint density at radius 1 is 0.939 bits per heavy atom. The summed E-state index contributed by atoms with van der Waals surface area (Å²) in [4.78, 5) is 46.1. The third-order valence-corrected chi connectivity index (χ3v) is 8.38. The maximum Gasteiger partial charge on any atom is 0.323 e. The molecule has 5 N–H and O–H groups in total. The zero-order valence-corrected chi connectivity index (χ0v) is 29.0. The van der Waals surface area contributed by atoms with Crippen LogP contribution in [0.1, 0.15) is 49.4 Å². The molecule has 0 spiro atoms. The summed E-state index contributed by atoms with van der Waals surface area (Å²) in [5.41, 5.74) is 1.42. The molecule has 0 saturated heterocycles. The number of aryl methyl sites for hydroxylation is 1. The zero-order valence-electron chi connectivity index (χ0n) is 27.5. The molecular formula is C35H41Cl2N7O5. The summed E-state index contributed by atoms with van der Waals surface area (Å²) >= 11 is 12.3. The standard InChI is InChI=1S/C35H41Cl2N7O5/c1-3-44-34(48)30(40-35(49)41-32-27(36)21-38-22-28(32)37)20-29(42-44)31-25(23-12-8-7-9-13-23)18-24(46)19-26(31)33(47)39-14-10-5-4-6-11-15-43(2)16-17-45/h7-9,12-13,18-22,45-46H,3-6,10-11,14-17H2,1-2H3,(H,39,47)(H2,38,40,41,49). The van der Waals surface area contributed by atoms with Crippen molar-refractivity contribution in [2.24, 2.45) is 0 Å². The third kappa shape index (κ3) is 10.3. The number of aliphatic hydroxyl groups is 1. The van der Waals surface area contributed by atoms with Crippen molar-refractivity contribution >= 4 is 46.5 Å². The molecule has 0 saturated carbocycles. The van der Waals surface area contributed by atoms with Crippen LogP contribution in [0.2, 0.25) is 10.0 Å². The van der Waals surface area contributed by atoms with Crippen molar-refractivity contribution in [3.8, 4) is 28.1 Å². The van der Waals surface area contributed by atoms with Crippen LogP contribution in [0.5, 0.6) is 5.75 Å². The fraction of sp³-hybridized carbons (Fsp3) is 0.343. The second kappa shape index (κ2) is 18.3. The number of carbonyl (C=O) groups is 2. The van der Waals surface area contributed by atoms with Gasteiger partial charge < -0.3 is 31.1 Å². The highest BCUT2D eigenvalue weighted by molar-refractivity contribution is 6.39. The molecule has 0 bridgehead atoms. The number of likely N-dealkylation sites (N-methyl/N-ethyl adjacent to an activating group) is 1. The number of amides is 3. The van der Waals surface area contributed by atoms with Crippen LogP contribution in [-0.4, -0.2) is 75.1 Å². The molecule has 14 heteroatoms. The van der Waals surface area contributed by atoms with E-state index in [9.17, 15) is 19.5 Å². The third-order valence-electron chi connectivity index (χ3n) is 7.81. The first-order chi connectivity index (χ1) is 23.6. The van der Waals surface area contributed by atoms with E-state index in [0.717, 1.165) is 38.6 Å². The molecule has 0 atom stereocenters. The van der Waals surface area contributed by atoms with E-state index in [1.165, 1.54) is 35.3 Å². The van der Waals surface area contributed by atoms with E-state index in [2.05, 4.69) is 30.9 Å². The molecule has 0 radical (unpaired) electrons. The number of pyridine rings is 1. The van der Waals surface area contributed by atoms with Crippen LogP contribution in [0.4, 0.5) is 16.2 Å². The van der Waals surface area contributed by atoms with Gasteiger partial charge >= 0.3 is 6.03 Å². The average Bonchev–Trinajstić information content (AvgIpc) is 3.08. The lowest BCUT2D eigenvalue weighted by atomic mass is 9.92. The molecule has 260 valence electrons. The lowest BCUT2D eigenvalue weighted by Gasteiger charge is -2.18. The number of aromatic hydroxyl groups is 1. The number of urea groups is 1. The highest BCUT2D eigenvalue weighted by Crippen LogP contribution is 2.38. The van der Waals surface area contributed by atoms with Gasteiger partial charge in [0.25, 0.3) is 11.5 Å². The van der Waals surface area contributed by atoms with Crippen molar-refractivity contribution < 1.29 is 19.8 Å². The number of anilines is 2. The van der Waals surface area contributed by atoms with Gasteiger partial charge in [-0.25, -0.2) is 9.48 Å². The van der Waals surface area contributed by atoms with Crippen LogP contribution in [0.15, 0.2) is 65.7 Å². The van der Waals surface area contributed by atoms with Gasteiger partial charge in [0, 0.05) is 37.6 Å². The van der Waals surface area contributed by atoms with E-state index in [1.54, 1.807) is 6.92 Å². The van der Waals surface area contributed by atoms with Gasteiger partial charge in [0.1, 0.15) is 11.4 Å². The van der Waals surface area contributed by atoms with Gasteiger partial charge in [-0.15, -0.1) is 0 Å². The lowest BCUT2D eigenvalue weighted by Crippen LogP contribution is -2.30. The van der Waals surface area contributed by atoms with Crippen molar-refractivity contribution in [2.45, 2.75) is 45.6 Å². The molecule has 49 heavy (non-hydrogen) atoms. The number of aliphatic hydroxyl groups excluding tert-OH is 1. The van der Waals surface area contributed by atoms with Crippen molar-refractivity contribution in [2.75, 3.05) is 43.9 Å². The van der Waals surface area contributed by atoms with E-state index in [4.69, 9.17) is 28.3 Å². The lowest BCUT2D eigenvalue weighted by molar-refractivity contribution is 0.0953. The smallest absolute Gasteiger partial charge is 0.323 e. The minimum Gasteiger partial charge on any atom is -0.508 e. The fourth-order valence-corrected chi connectivity index (χ4v) is 5.77. The summed E-state index contributed by atoms with van der Waals surface area (Å²) in [7, 11) is 1.99. The molecule has 0 aliphatic rings. The van der Waals surface area contributed by atoms with Crippen molar-refractivity contribution in [3.05, 3.63) is 86.9 Å².